The first kappa shape index (κ1) is 14.3. The number of fused-ring (bicyclic) bond motifs is 1. The molecular weight excluding hydrogens is 278 g/mol. The van der Waals surface area contributed by atoms with Crippen LogP contribution in [0.3, 0.4) is 0 Å². The van der Waals surface area contributed by atoms with Crippen molar-refractivity contribution in [1.29, 1.82) is 0 Å². The van der Waals surface area contributed by atoms with E-state index in [0.717, 1.165) is 31.4 Å². The summed E-state index contributed by atoms with van der Waals surface area (Å²) in [6, 6.07) is 4.01. The number of hydrogen-bond acceptors (Lipinski definition) is 4. The van der Waals surface area contributed by atoms with Crippen molar-refractivity contribution in [2.75, 3.05) is 5.75 Å². The van der Waals surface area contributed by atoms with Gasteiger partial charge in [-0.3, -0.25) is 4.79 Å². The Balaban J connectivity index is 2.31. The number of carboxylic acids is 1. The zero-order chi connectivity index (χ0) is 13.8. The van der Waals surface area contributed by atoms with Crippen LogP contribution in [0, 0.1) is 6.92 Å². The molecule has 1 heterocycles. The van der Waals surface area contributed by atoms with Crippen molar-refractivity contribution in [2.45, 2.75) is 37.4 Å². The second-order valence-electron chi connectivity index (χ2n) is 4.52. The molecule has 0 amide bonds. The second-order valence-corrected chi connectivity index (χ2v) is 6.90. The molecule has 1 aromatic carbocycles. The summed E-state index contributed by atoms with van der Waals surface area (Å²) in [5.41, 5.74) is 2.77. The van der Waals surface area contributed by atoms with Crippen LogP contribution in [-0.2, 0) is 11.2 Å². The summed E-state index contributed by atoms with van der Waals surface area (Å²) < 4.78 is 2.14. The molecule has 5 heteroatoms. The Morgan fingerprint density at radius 3 is 2.95 bits per heavy atom. The van der Waals surface area contributed by atoms with Crippen molar-refractivity contribution in [3.05, 3.63) is 23.3 Å². The Kier molecular flexibility index (Phi) is 4.82. The van der Waals surface area contributed by atoms with Gasteiger partial charge in [0.1, 0.15) is 0 Å². The van der Waals surface area contributed by atoms with Crippen LogP contribution in [0.1, 0.15) is 30.9 Å². The highest BCUT2D eigenvalue weighted by Crippen LogP contribution is 2.32. The Morgan fingerprint density at radius 2 is 2.26 bits per heavy atom. The lowest BCUT2D eigenvalue weighted by Crippen LogP contribution is -2.01. The number of hydrogen-bond donors (Lipinski definition) is 1. The predicted octanol–water partition coefficient (Wildman–Crippen LogP) is 4.12. The fraction of sp³-hybridized carbons (Fsp3) is 0.429. The first-order valence-electron chi connectivity index (χ1n) is 6.34. The van der Waals surface area contributed by atoms with E-state index in [-0.39, 0.29) is 6.42 Å². The van der Waals surface area contributed by atoms with Crippen molar-refractivity contribution in [2.24, 2.45) is 0 Å². The normalized spacial score (nSPS) is 11.1. The van der Waals surface area contributed by atoms with E-state index >= 15 is 0 Å². The number of thioether (sulfide) groups is 1. The number of unbranched alkanes of at least 4 members (excludes halogenated alkanes) is 1. The minimum absolute atomic E-state index is 0.0426. The molecule has 1 N–H and O–H groups in total. The first-order chi connectivity index (χ1) is 9.10. The summed E-state index contributed by atoms with van der Waals surface area (Å²) in [5.74, 6) is 0.268. The maximum absolute atomic E-state index is 10.9. The average molecular weight is 295 g/mol. The lowest BCUT2D eigenvalue weighted by molar-refractivity contribution is -0.136. The van der Waals surface area contributed by atoms with Crippen molar-refractivity contribution in [1.82, 2.24) is 4.98 Å². The number of aliphatic carboxylic acids is 1. The molecule has 0 aliphatic rings. The number of rotatable bonds is 6. The molecule has 0 aliphatic heterocycles. The van der Waals surface area contributed by atoms with Gasteiger partial charge in [-0.2, -0.15) is 0 Å². The maximum Gasteiger partial charge on any atom is 0.307 e. The van der Waals surface area contributed by atoms with Gasteiger partial charge in [-0.1, -0.05) is 31.2 Å². The minimum Gasteiger partial charge on any atom is -0.481 e. The molecule has 2 rings (SSSR count). The molecule has 0 saturated carbocycles. The van der Waals surface area contributed by atoms with E-state index in [0.29, 0.717) is 0 Å². The highest BCUT2D eigenvalue weighted by molar-refractivity contribution is 8.01. The summed E-state index contributed by atoms with van der Waals surface area (Å²) in [6.07, 6.45) is 2.41. The minimum atomic E-state index is -0.805. The lowest BCUT2D eigenvalue weighted by Gasteiger charge is -2.00. The molecule has 2 aromatic rings. The highest BCUT2D eigenvalue weighted by Gasteiger charge is 2.12. The van der Waals surface area contributed by atoms with Crippen LogP contribution in [0.25, 0.3) is 10.2 Å². The van der Waals surface area contributed by atoms with Gasteiger partial charge >= 0.3 is 5.97 Å². The second kappa shape index (κ2) is 6.39. The maximum atomic E-state index is 10.9. The molecule has 0 atom stereocenters. The number of aryl methyl sites for hydroxylation is 1. The van der Waals surface area contributed by atoms with E-state index in [1.54, 1.807) is 23.1 Å². The zero-order valence-corrected chi connectivity index (χ0v) is 12.7. The van der Waals surface area contributed by atoms with E-state index in [1.165, 1.54) is 12.8 Å². The first-order valence-corrected chi connectivity index (χ1v) is 8.15. The quantitative estimate of drug-likeness (QED) is 0.643. The Bertz CT molecular complexity index is 592. The third-order valence-corrected chi connectivity index (χ3v) is 5.00. The number of benzene rings is 1. The molecule has 0 bridgehead atoms. The van der Waals surface area contributed by atoms with Crippen LogP contribution < -0.4 is 0 Å². The largest absolute Gasteiger partial charge is 0.481 e. The van der Waals surface area contributed by atoms with Gasteiger partial charge in [0.2, 0.25) is 0 Å². The molecule has 102 valence electrons. The standard InChI is InChI=1S/C14H17NO2S2/c1-3-4-5-18-14-15-13-10(8-12(16)17)6-9(2)7-11(13)19-14/h6-7H,3-5,8H2,1-2H3,(H,16,17). The highest BCUT2D eigenvalue weighted by atomic mass is 32.2. The number of thiazole rings is 1. The van der Waals surface area contributed by atoms with E-state index in [9.17, 15) is 4.79 Å². The zero-order valence-electron chi connectivity index (χ0n) is 11.1. The van der Waals surface area contributed by atoms with Crippen LogP contribution >= 0.6 is 23.1 Å². The van der Waals surface area contributed by atoms with Gasteiger partial charge in [-0.15, -0.1) is 11.3 Å². The van der Waals surface area contributed by atoms with Crippen molar-refractivity contribution in [3.8, 4) is 0 Å². The molecular formula is C14H17NO2S2. The van der Waals surface area contributed by atoms with Gasteiger partial charge in [0.05, 0.1) is 16.6 Å². The summed E-state index contributed by atoms with van der Waals surface area (Å²) >= 11 is 3.43. The summed E-state index contributed by atoms with van der Waals surface area (Å²) in [5, 5.41) is 8.97. The van der Waals surface area contributed by atoms with E-state index < -0.39 is 5.97 Å². The fourth-order valence-corrected chi connectivity index (χ4v) is 4.26. The Labute approximate surface area is 121 Å². The van der Waals surface area contributed by atoms with Crippen molar-refractivity contribution in [3.63, 3.8) is 0 Å². The number of carboxylic acid groups (broad SMARTS) is 1. The average Bonchev–Trinajstić information content (AvgIpc) is 2.71. The van der Waals surface area contributed by atoms with Crippen LogP contribution in [0.4, 0.5) is 0 Å². The topological polar surface area (TPSA) is 50.2 Å². The molecule has 0 saturated heterocycles. The number of nitrogens with zero attached hydrogens (tertiary/aromatic N) is 1. The Hall–Kier alpha value is -1.07. The Morgan fingerprint density at radius 1 is 1.47 bits per heavy atom. The van der Waals surface area contributed by atoms with Crippen LogP contribution in [0.15, 0.2) is 16.5 Å². The van der Waals surface area contributed by atoms with Crippen LogP contribution in [-0.4, -0.2) is 21.8 Å². The van der Waals surface area contributed by atoms with Crippen molar-refractivity contribution >= 4 is 39.3 Å². The smallest absolute Gasteiger partial charge is 0.307 e. The van der Waals surface area contributed by atoms with Gasteiger partial charge in [-0.25, -0.2) is 4.98 Å². The molecule has 3 nitrogen and oxygen atoms in total. The fourth-order valence-electron chi connectivity index (χ4n) is 1.89. The van der Waals surface area contributed by atoms with Crippen LogP contribution in [0.5, 0.6) is 0 Å². The van der Waals surface area contributed by atoms with Crippen LogP contribution in [0.2, 0.25) is 0 Å². The molecule has 0 fully saturated rings. The predicted molar refractivity (Wildman–Crippen MR) is 81.3 cm³/mol. The van der Waals surface area contributed by atoms with E-state index in [1.807, 2.05) is 13.0 Å². The third-order valence-electron chi connectivity index (χ3n) is 2.76. The monoisotopic (exact) mass is 295 g/mol. The lowest BCUT2D eigenvalue weighted by atomic mass is 10.1. The summed E-state index contributed by atoms with van der Waals surface area (Å²) in [7, 11) is 0. The molecule has 0 radical (unpaired) electrons. The van der Waals surface area contributed by atoms with Gasteiger partial charge in [0.15, 0.2) is 4.34 Å². The number of aromatic nitrogens is 1. The molecule has 19 heavy (non-hydrogen) atoms. The van der Waals surface area contributed by atoms with Gasteiger partial charge < -0.3 is 5.11 Å². The molecule has 0 unspecified atom stereocenters. The summed E-state index contributed by atoms with van der Waals surface area (Å²) in [4.78, 5) is 15.5. The van der Waals surface area contributed by atoms with Crippen molar-refractivity contribution < 1.29 is 9.90 Å². The third kappa shape index (κ3) is 3.70. The van der Waals surface area contributed by atoms with E-state index in [4.69, 9.17) is 5.11 Å². The molecule has 1 aromatic heterocycles. The van der Waals surface area contributed by atoms with E-state index in [2.05, 4.69) is 18.0 Å². The van der Waals surface area contributed by atoms with Gasteiger partial charge in [0.25, 0.3) is 0 Å². The molecule has 0 spiro atoms. The van der Waals surface area contributed by atoms with Gasteiger partial charge in [0, 0.05) is 5.75 Å². The summed E-state index contributed by atoms with van der Waals surface area (Å²) in [6.45, 7) is 4.17. The number of carbonyl (C=O) groups is 1. The van der Waals surface area contributed by atoms with Gasteiger partial charge in [-0.05, 0) is 30.5 Å². The SMILES string of the molecule is CCCCSc1nc2c(CC(=O)O)cc(C)cc2s1. The molecule has 0 aliphatic carbocycles.